The van der Waals surface area contributed by atoms with E-state index in [2.05, 4.69) is 10.6 Å². The number of rotatable bonds is 9. The van der Waals surface area contributed by atoms with E-state index >= 15 is 0 Å². The van der Waals surface area contributed by atoms with Crippen LogP contribution < -0.4 is 10.6 Å². The lowest BCUT2D eigenvalue weighted by atomic mass is 9.94. The molecule has 4 fully saturated rings. The maximum absolute atomic E-state index is 12.7. The first-order valence-electron chi connectivity index (χ1n) is 9.73. The molecule has 2 N–H and O–H groups in total. The minimum atomic E-state index is -0.973. The summed E-state index contributed by atoms with van der Waals surface area (Å²) in [5.41, 5.74) is -1.95. The van der Waals surface area contributed by atoms with Gasteiger partial charge in [-0.05, 0) is 39.5 Å². The van der Waals surface area contributed by atoms with E-state index < -0.39 is 23.1 Å². The molecule has 0 aromatic carbocycles. The first-order valence-corrected chi connectivity index (χ1v) is 9.73. The fourth-order valence-corrected chi connectivity index (χ4v) is 3.81. The van der Waals surface area contributed by atoms with Gasteiger partial charge < -0.3 is 20.1 Å². The number of carbonyl (C=O) groups is 4. The van der Waals surface area contributed by atoms with Crippen molar-refractivity contribution in [2.75, 3.05) is 26.3 Å². The summed E-state index contributed by atoms with van der Waals surface area (Å²) in [6.07, 6.45) is 2.71. The van der Waals surface area contributed by atoms with Gasteiger partial charge in [0.05, 0.1) is 25.4 Å². The third-order valence-electron chi connectivity index (χ3n) is 5.97. The summed E-state index contributed by atoms with van der Waals surface area (Å²) >= 11 is 0. The number of hydrogen-bond acceptors (Lipinski definition) is 6. The summed E-state index contributed by atoms with van der Waals surface area (Å²) in [4.78, 5) is 52.2. The molecule has 4 atom stereocenters. The SMILES string of the molecule is CC1(CCC2CO2)NC(=O)N(CCN2C(=O)NC(C)(CCC3CO3)C2=O)C1=O. The highest BCUT2D eigenvalue weighted by Crippen LogP contribution is 2.29. The molecular formula is C18H26N4O6. The second kappa shape index (κ2) is 6.70. The van der Waals surface area contributed by atoms with Gasteiger partial charge in [-0.3, -0.25) is 19.4 Å². The Labute approximate surface area is 162 Å². The highest BCUT2D eigenvalue weighted by molar-refractivity contribution is 6.08. The first kappa shape index (κ1) is 19.1. The maximum atomic E-state index is 12.7. The molecule has 0 aliphatic carbocycles. The smallest absolute Gasteiger partial charge is 0.325 e. The summed E-state index contributed by atoms with van der Waals surface area (Å²) in [7, 11) is 0. The Morgan fingerprint density at radius 3 is 1.50 bits per heavy atom. The zero-order valence-electron chi connectivity index (χ0n) is 16.2. The summed E-state index contributed by atoms with van der Waals surface area (Å²) < 4.78 is 10.3. The number of nitrogens with zero attached hydrogens (tertiary/aromatic N) is 2. The molecule has 154 valence electrons. The quantitative estimate of drug-likeness (QED) is 0.418. The van der Waals surface area contributed by atoms with Crippen molar-refractivity contribution < 1.29 is 28.7 Å². The minimum Gasteiger partial charge on any atom is -0.373 e. The fourth-order valence-electron chi connectivity index (χ4n) is 3.81. The normalized spacial score (nSPS) is 36.8. The number of hydrogen-bond donors (Lipinski definition) is 2. The largest absolute Gasteiger partial charge is 0.373 e. The number of urea groups is 2. The molecule has 0 radical (unpaired) electrons. The van der Waals surface area contributed by atoms with Crippen molar-refractivity contribution in [2.24, 2.45) is 0 Å². The van der Waals surface area contributed by atoms with Crippen LogP contribution in [0.3, 0.4) is 0 Å². The fraction of sp³-hybridized carbons (Fsp3) is 0.778. The molecular weight excluding hydrogens is 368 g/mol. The molecule has 0 aromatic heterocycles. The van der Waals surface area contributed by atoms with Crippen molar-refractivity contribution in [1.82, 2.24) is 20.4 Å². The van der Waals surface area contributed by atoms with Gasteiger partial charge in [0.2, 0.25) is 0 Å². The van der Waals surface area contributed by atoms with Gasteiger partial charge in [-0.1, -0.05) is 0 Å². The Morgan fingerprint density at radius 1 is 0.821 bits per heavy atom. The second-order valence-electron chi connectivity index (χ2n) is 8.43. The number of imide groups is 2. The first-order chi connectivity index (χ1) is 13.2. The molecule has 4 heterocycles. The van der Waals surface area contributed by atoms with Crippen LogP contribution in [0.1, 0.15) is 39.5 Å². The van der Waals surface area contributed by atoms with E-state index in [1.807, 2.05) is 0 Å². The lowest BCUT2D eigenvalue weighted by Gasteiger charge is -2.23. The maximum Gasteiger partial charge on any atom is 0.325 e. The Hall–Kier alpha value is -2.20. The molecule has 0 spiro atoms. The van der Waals surface area contributed by atoms with E-state index in [0.717, 1.165) is 9.80 Å². The number of carbonyl (C=O) groups excluding carboxylic acids is 4. The molecule has 4 aliphatic rings. The molecule has 0 saturated carbocycles. The van der Waals surface area contributed by atoms with Gasteiger partial charge in [-0.2, -0.15) is 0 Å². The van der Waals surface area contributed by atoms with Crippen LogP contribution in [-0.4, -0.2) is 83.3 Å². The topological polar surface area (TPSA) is 124 Å². The minimum absolute atomic E-state index is 0.0266. The predicted molar refractivity (Wildman–Crippen MR) is 95.2 cm³/mol. The van der Waals surface area contributed by atoms with Gasteiger partial charge in [0.25, 0.3) is 11.8 Å². The average molecular weight is 394 g/mol. The molecule has 4 rings (SSSR count). The van der Waals surface area contributed by atoms with Gasteiger partial charge in [0, 0.05) is 13.1 Å². The lowest BCUT2D eigenvalue weighted by Crippen LogP contribution is -2.46. The zero-order valence-corrected chi connectivity index (χ0v) is 16.2. The van der Waals surface area contributed by atoms with E-state index in [1.54, 1.807) is 13.8 Å². The number of amides is 6. The lowest BCUT2D eigenvalue weighted by molar-refractivity contribution is -0.134. The second-order valence-corrected chi connectivity index (χ2v) is 8.43. The van der Waals surface area contributed by atoms with Crippen LogP contribution in [0.15, 0.2) is 0 Å². The van der Waals surface area contributed by atoms with Crippen molar-refractivity contribution in [3.05, 3.63) is 0 Å². The van der Waals surface area contributed by atoms with E-state index in [1.165, 1.54) is 0 Å². The van der Waals surface area contributed by atoms with Gasteiger partial charge >= 0.3 is 12.1 Å². The molecule has 10 heteroatoms. The number of nitrogens with one attached hydrogen (secondary N) is 2. The van der Waals surface area contributed by atoms with Crippen LogP contribution in [0.5, 0.6) is 0 Å². The summed E-state index contributed by atoms with van der Waals surface area (Å²) in [6, 6.07) is -0.991. The van der Waals surface area contributed by atoms with Crippen molar-refractivity contribution in [2.45, 2.75) is 62.8 Å². The van der Waals surface area contributed by atoms with Crippen LogP contribution >= 0.6 is 0 Å². The molecule has 4 unspecified atom stereocenters. The molecule has 0 bridgehead atoms. The van der Waals surface area contributed by atoms with Crippen LogP contribution in [0.4, 0.5) is 9.59 Å². The number of ether oxygens (including phenoxy) is 2. The standard InChI is InChI=1S/C18H26N4O6/c1-17(5-3-11-9-27-11)13(23)21(15(25)19-17)7-8-22-14(24)18(2,20-16(22)26)6-4-12-10-28-12/h11-12H,3-10H2,1-2H3,(H,19,25)(H,20,26). The molecule has 10 nitrogen and oxygen atoms in total. The van der Waals surface area contributed by atoms with Crippen molar-refractivity contribution in [3.8, 4) is 0 Å². The highest BCUT2D eigenvalue weighted by Gasteiger charge is 2.51. The van der Waals surface area contributed by atoms with E-state index in [4.69, 9.17) is 9.47 Å². The predicted octanol–water partition coefficient (Wildman–Crippen LogP) is -0.0346. The Kier molecular flexibility index (Phi) is 4.58. The van der Waals surface area contributed by atoms with E-state index in [0.29, 0.717) is 38.9 Å². The summed E-state index contributed by atoms with van der Waals surface area (Å²) in [6.45, 7) is 4.72. The molecule has 0 aromatic rings. The van der Waals surface area contributed by atoms with Crippen LogP contribution in [0.25, 0.3) is 0 Å². The van der Waals surface area contributed by atoms with Crippen molar-refractivity contribution in [1.29, 1.82) is 0 Å². The average Bonchev–Trinajstić information content (AvgIpc) is 3.54. The van der Waals surface area contributed by atoms with Gasteiger partial charge in [0.15, 0.2) is 0 Å². The molecule has 4 saturated heterocycles. The molecule has 6 amide bonds. The van der Waals surface area contributed by atoms with Crippen LogP contribution in [0, 0.1) is 0 Å². The summed E-state index contributed by atoms with van der Waals surface area (Å²) in [5.74, 6) is -0.669. The molecule has 28 heavy (non-hydrogen) atoms. The van der Waals surface area contributed by atoms with Crippen LogP contribution in [-0.2, 0) is 19.1 Å². The van der Waals surface area contributed by atoms with Gasteiger partial charge in [0.1, 0.15) is 11.1 Å². The Bertz CT molecular complexity index is 661. The van der Waals surface area contributed by atoms with E-state index in [9.17, 15) is 19.2 Å². The van der Waals surface area contributed by atoms with Gasteiger partial charge in [-0.25, -0.2) is 9.59 Å². The van der Waals surface area contributed by atoms with E-state index in [-0.39, 0.29) is 37.1 Å². The Morgan fingerprint density at radius 2 is 1.18 bits per heavy atom. The van der Waals surface area contributed by atoms with Crippen LogP contribution in [0.2, 0.25) is 0 Å². The Balaban J connectivity index is 1.34. The third kappa shape index (κ3) is 3.58. The monoisotopic (exact) mass is 394 g/mol. The van der Waals surface area contributed by atoms with Crippen molar-refractivity contribution >= 4 is 23.9 Å². The number of epoxide rings is 2. The molecule has 4 aliphatic heterocycles. The van der Waals surface area contributed by atoms with Gasteiger partial charge in [-0.15, -0.1) is 0 Å². The summed E-state index contributed by atoms with van der Waals surface area (Å²) in [5, 5.41) is 5.46. The van der Waals surface area contributed by atoms with Crippen molar-refractivity contribution in [3.63, 3.8) is 0 Å². The zero-order chi connectivity index (χ0) is 20.1. The highest BCUT2D eigenvalue weighted by atomic mass is 16.6. The third-order valence-corrected chi connectivity index (χ3v) is 5.97.